The zero-order valence-electron chi connectivity index (χ0n) is 13.8. The number of aromatic nitrogens is 1. The van der Waals surface area contributed by atoms with Crippen LogP contribution in [0, 0.1) is 13.8 Å². The molecule has 0 bridgehead atoms. The highest BCUT2D eigenvalue weighted by Crippen LogP contribution is 2.21. The molecule has 1 aromatic heterocycles. The minimum Gasteiger partial charge on any atom is -0.385 e. The Morgan fingerprint density at radius 1 is 1.22 bits per heavy atom. The lowest BCUT2D eigenvalue weighted by Gasteiger charge is -2.11. The van der Waals surface area contributed by atoms with E-state index in [1.54, 1.807) is 25.4 Å². The van der Waals surface area contributed by atoms with Gasteiger partial charge in [0, 0.05) is 37.7 Å². The second kappa shape index (κ2) is 8.29. The van der Waals surface area contributed by atoms with Gasteiger partial charge in [0.2, 0.25) is 0 Å². The Morgan fingerprint density at radius 3 is 2.83 bits per heavy atom. The lowest BCUT2D eigenvalue weighted by Crippen LogP contribution is -2.25. The molecular formula is C18H23N3O2. The fraction of sp³-hybridized carbons (Fsp3) is 0.333. The van der Waals surface area contributed by atoms with E-state index in [9.17, 15) is 4.79 Å². The predicted octanol–water partition coefficient (Wildman–Crippen LogP) is 3.21. The molecule has 122 valence electrons. The first kappa shape index (κ1) is 17.0. The fourth-order valence-corrected chi connectivity index (χ4v) is 2.17. The summed E-state index contributed by atoms with van der Waals surface area (Å²) in [6, 6.07) is 9.66. The SMILES string of the molecule is COCCCNC(=O)c1ccnc(Nc2cc(C)ccc2C)c1. The summed E-state index contributed by atoms with van der Waals surface area (Å²) in [7, 11) is 1.65. The number of carbonyl (C=O) groups excluding carboxylic acids is 1. The van der Waals surface area contributed by atoms with Crippen molar-refractivity contribution in [3.05, 3.63) is 53.2 Å². The minimum absolute atomic E-state index is 0.104. The highest BCUT2D eigenvalue weighted by molar-refractivity contribution is 5.94. The number of benzene rings is 1. The number of nitrogens with one attached hydrogen (secondary N) is 2. The van der Waals surface area contributed by atoms with Gasteiger partial charge in [-0.1, -0.05) is 12.1 Å². The maximum atomic E-state index is 12.1. The van der Waals surface area contributed by atoms with E-state index in [1.807, 2.05) is 13.8 Å². The van der Waals surface area contributed by atoms with Crippen LogP contribution in [0.1, 0.15) is 27.9 Å². The molecule has 2 aromatic rings. The van der Waals surface area contributed by atoms with Crippen LogP contribution < -0.4 is 10.6 Å². The van der Waals surface area contributed by atoms with Crippen LogP contribution in [0.25, 0.3) is 0 Å². The van der Waals surface area contributed by atoms with Crippen molar-refractivity contribution in [3.63, 3.8) is 0 Å². The van der Waals surface area contributed by atoms with E-state index in [4.69, 9.17) is 4.74 Å². The molecule has 1 aromatic carbocycles. The molecule has 5 heteroatoms. The van der Waals surface area contributed by atoms with E-state index in [1.165, 1.54) is 5.56 Å². The molecule has 0 aliphatic carbocycles. The number of amides is 1. The van der Waals surface area contributed by atoms with Crippen LogP contribution in [0.2, 0.25) is 0 Å². The van der Waals surface area contributed by atoms with Crippen LogP contribution in [0.4, 0.5) is 11.5 Å². The summed E-state index contributed by atoms with van der Waals surface area (Å²) in [6.07, 6.45) is 2.43. The Labute approximate surface area is 137 Å². The van der Waals surface area contributed by atoms with Gasteiger partial charge in [0.05, 0.1) is 0 Å². The molecule has 2 N–H and O–H groups in total. The summed E-state index contributed by atoms with van der Waals surface area (Å²) in [5.41, 5.74) is 3.89. The first-order valence-corrected chi connectivity index (χ1v) is 7.67. The monoisotopic (exact) mass is 313 g/mol. The molecule has 0 spiro atoms. The molecule has 0 aliphatic rings. The highest BCUT2D eigenvalue weighted by atomic mass is 16.5. The average Bonchev–Trinajstić information content (AvgIpc) is 2.55. The quantitative estimate of drug-likeness (QED) is 0.771. The minimum atomic E-state index is -0.104. The Balaban J connectivity index is 2.04. The van der Waals surface area contributed by atoms with Crippen LogP contribution in [0.3, 0.4) is 0 Å². The zero-order valence-corrected chi connectivity index (χ0v) is 13.8. The maximum absolute atomic E-state index is 12.1. The molecule has 0 radical (unpaired) electrons. The van der Waals surface area contributed by atoms with Crippen molar-refractivity contribution in [3.8, 4) is 0 Å². The van der Waals surface area contributed by atoms with Gasteiger partial charge in [0.1, 0.15) is 5.82 Å². The first-order chi connectivity index (χ1) is 11.1. The Kier molecular flexibility index (Phi) is 6.11. The number of pyridine rings is 1. The van der Waals surface area contributed by atoms with E-state index < -0.39 is 0 Å². The molecule has 2 rings (SSSR count). The molecule has 5 nitrogen and oxygen atoms in total. The topological polar surface area (TPSA) is 63.2 Å². The molecule has 0 atom stereocenters. The molecule has 0 unspecified atom stereocenters. The van der Waals surface area contributed by atoms with Crippen LogP contribution in [-0.4, -0.2) is 31.2 Å². The van der Waals surface area contributed by atoms with Crippen molar-refractivity contribution in [1.82, 2.24) is 10.3 Å². The van der Waals surface area contributed by atoms with Gasteiger partial charge in [0.25, 0.3) is 5.91 Å². The Hall–Kier alpha value is -2.40. The van der Waals surface area contributed by atoms with E-state index in [0.29, 0.717) is 24.5 Å². The van der Waals surface area contributed by atoms with Gasteiger partial charge in [0.15, 0.2) is 0 Å². The summed E-state index contributed by atoms with van der Waals surface area (Å²) in [5.74, 6) is 0.552. The normalized spacial score (nSPS) is 10.4. The number of ether oxygens (including phenoxy) is 1. The second-order valence-electron chi connectivity index (χ2n) is 5.48. The summed E-state index contributed by atoms with van der Waals surface area (Å²) in [5, 5.41) is 6.14. The number of carbonyl (C=O) groups is 1. The predicted molar refractivity (Wildman–Crippen MR) is 92.3 cm³/mol. The summed E-state index contributed by atoms with van der Waals surface area (Å²) >= 11 is 0. The summed E-state index contributed by atoms with van der Waals surface area (Å²) in [4.78, 5) is 16.4. The number of anilines is 2. The van der Waals surface area contributed by atoms with Gasteiger partial charge in [-0.2, -0.15) is 0 Å². The first-order valence-electron chi connectivity index (χ1n) is 7.67. The number of methoxy groups -OCH3 is 1. The third kappa shape index (κ3) is 5.07. The van der Waals surface area contributed by atoms with E-state index in [-0.39, 0.29) is 5.91 Å². The molecule has 23 heavy (non-hydrogen) atoms. The van der Waals surface area contributed by atoms with Crippen LogP contribution in [0.5, 0.6) is 0 Å². The maximum Gasteiger partial charge on any atom is 0.251 e. The molecule has 0 saturated carbocycles. The number of hydrogen-bond donors (Lipinski definition) is 2. The summed E-state index contributed by atoms with van der Waals surface area (Å²) < 4.78 is 4.96. The standard InChI is InChI=1S/C18H23N3O2/c1-13-5-6-14(2)16(11-13)21-17-12-15(7-9-19-17)18(22)20-8-4-10-23-3/h5-7,9,11-12H,4,8,10H2,1-3H3,(H,19,21)(H,20,22). The largest absolute Gasteiger partial charge is 0.385 e. The molecule has 0 aliphatic heterocycles. The van der Waals surface area contributed by atoms with Crippen molar-refractivity contribution in [2.75, 3.05) is 25.6 Å². The molecule has 1 amide bonds. The van der Waals surface area contributed by atoms with Crippen molar-refractivity contribution >= 4 is 17.4 Å². The van der Waals surface area contributed by atoms with Gasteiger partial charge in [-0.15, -0.1) is 0 Å². The van der Waals surface area contributed by atoms with Crippen LogP contribution in [-0.2, 0) is 4.74 Å². The van der Waals surface area contributed by atoms with Crippen molar-refractivity contribution < 1.29 is 9.53 Å². The molecule has 0 fully saturated rings. The van der Waals surface area contributed by atoms with Crippen LogP contribution >= 0.6 is 0 Å². The second-order valence-corrected chi connectivity index (χ2v) is 5.48. The van der Waals surface area contributed by atoms with Gasteiger partial charge < -0.3 is 15.4 Å². The van der Waals surface area contributed by atoms with Gasteiger partial charge in [-0.3, -0.25) is 4.79 Å². The number of rotatable bonds is 7. The smallest absolute Gasteiger partial charge is 0.251 e. The summed E-state index contributed by atoms with van der Waals surface area (Å²) in [6.45, 7) is 5.31. The Bertz CT molecular complexity index is 671. The highest BCUT2D eigenvalue weighted by Gasteiger charge is 2.07. The van der Waals surface area contributed by atoms with Gasteiger partial charge >= 0.3 is 0 Å². The van der Waals surface area contributed by atoms with E-state index in [0.717, 1.165) is 17.7 Å². The van der Waals surface area contributed by atoms with Crippen molar-refractivity contribution in [2.45, 2.75) is 20.3 Å². The number of hydrogen-bond acceptors (Lipinski definition) is 4. The van der Waals surface area contributed by atoms with Crippen molar-refractivity contribution in [1.29, 1.82) is 0 Å². The average molecular weight is 313 g/mol. The van der Waals surface area contributed by atoms with Crippen molar-refractivity contribution in [2.24, 2.45) is 0 Å². The third-order valence-corrected chi connectivity index (χ3v) is 3.49. The Morgan fingerprint density at radius 2 is 2.04 bits per heavy atom. The van der Waals surface area contributed by atoms with Gasteiger partial charge in [-0.25, -0.2) is 4.98 Å². The fourth-order valence-electron chi connectivity index (χ4n) is 2.17. The van der Waals surface area contributed by atoms with E-state index >= 15 is 0 Å². The molecule has 0 saturated heterocycles. The number of nitrogens with zero attached hydrogens (tertiary/aromatic N) is 1. The lowest BCUT2D eigenvalue weighted by molar-refractivity contribution is 0.0948. The third-order valence-electron chi connectivity index (χ3n) is 3.49. The van der Waals surface area contributed by atoms with Crippen LogP contribution in [0.15, 0.2) is 36.5 Å². The van der Waals surface area contributed by atoms with Gasteiger partial charge in [-0.05, 0) is 49.6 Å². The number of aryl methyl sites for hydroxylation is 2. The molecular weight excluding hydrogens is 290 g/mol. The zero-order chi connectivity index (χ0) is 16.7. The molecule has 1 heterocycles. The van der Waals surface area contributed by atoms with E-state index in [2.05, 4.69) is 33.8 Å². The lowest BCUT2D eigenvalue weighted by atomic mass is 10.1.